The Labute approximate surface area is 159 Å². The molecule has 2 amide bonds. The van der Waals surface area contributed by atoms with Crippen LogP contribution in [0.4, 0.5) is 11.4 Å². The van der Waals surface area contributed by atoms with Crippen molar-refractivity contribution in [3.63, 3.8) is 0 Å². The molecular weight excluding hydrogens is 344 g/mol. The highest BCUT2D eigenvalue weighted by atomic mass is 16.5. The van der Waals surface area contributed by atoms with Crippen LogP contribution in [0.25, 0.3) is 0 Å². The predicted molar refractivity (Wildman–Crippen MR) is 107 cm³/mol. The van der Waals surface area contributed by atoms with E-state index in [4.69, 9.17) is 9.47 Å². The zero-order chi connectivity index (χ0) is 20.0. The third kappa shape index (κ3) is 5.74. The molecule has 2 aromatic rings. The number of methoxy groups -OCH3 is 1. The van der Waals surface area contributed by atoms with Crippen LogP contribution in [0.5, 0.6) is 11.5 Å². The van der Waals surface area contributed by atoms with E-state index in [1.165, 1.54) is 7.11 Å². The number of anilines is 2. The second kappa shape index (κ2) is 9.07. The van der Waals surface area contributed by atoms with E-state index in [2.05, 4.69) is 10.6 Å². The first-order chi connectivity index (χ1) is 12.8. The first kappa shape index (κ1) is 20.3. The number of ether oxygens (including phenoxy) is 2. The maximum atomic E-state index is 12.5. The number of nitrogens with one attached hydrogen (secondary N) is 2. The van der Waals surface area contributed by atoms with Gasteiger partial charge in [0, 0.05) is 22.9 Å². The zero-order valence-corrected chi connectivity index (χ0v) is 16.3. The van der Waals surface area contributed by atoms with Gasteiger partial charge in [-0.05, 0) is 56.3 Å². The largest absolute Gasteiger partial charge is 0.493 e. The van der Waals surface area contributed by atoms with Gasteiger partial charge in [-0.15, -0.1) is 0 Å². The monoisotopic (exact) mass is 370 g/mol. The minimum atomic E-state index is -0.261. The lowest BCUT2D eigenvalue weighted by Crippen LogP contribution is -2.17. The molecule has 0 fully saturated rings. The molecule has 0 bridgehead atoms. The SMILES string of the molecule is COc1cc(C(=O)Nc2ccc(NC(=O)C(C)C)cc2)ccc1OC(C)C. The van der Waals surface area contributed by atoms with Crippen LogP contribution in [0, 0.1) is 5.92 Å². The minimum Gasteiger partial charge on any atom is -0.493 e. The zero-order valence-electron chi connectivity index (χ0n) is 16.3. The first-order valence-corrected chi connectivity index (χ1v) is 8.87. The molecule has 6 heteroatoms. The standard InChI is InChI=1S/C21H26N2O4/c1-13(2)20(24)22-16-7-9-17(10-8-16)23-21(25)15-6-11-18(27-14(3)4)19(12-15)26-5/h6-14H,1-5H3,(H,22,24)(H,23,25). The summed E-state index contributed by atoms with van der Waals surface area (Å²) in [5.74, 6) is 0.686. The molecule has 0 heterocycles. The second-order valence-electron chi connectivity index (χ2n) is 6.71. The fourth-order valence-corrected chi connectivity index (χ4v) is 2.29. The van der Waals surface area contributed by atoms with Gasteiger partial charge in [0.1, 0.15) is 0 Å². The summed E-state index contributed by atoms with van der Waals surface area (Å²) in [5.41, 5.74) is 1.77. The second-order valence-corrected chi connectivity index (χ2v) is 6.71. The van der Waals surface area contributed by atoms with Crippen LogP contribution in [-0.4, -0.2) is 25.0 Å². The van der Waals surface area contributed by atoms with Crippen molar-refractivity contribution < 1.29 is 19.1 Å². The lowest BCUT2D eigenvalue weighted by Gasteiger charge is -2.14. The molecular formula is C21H26N2O4. The average molecular weight is 370 g/mol. The van der Waals surface area contributed by atoms with E-state index in [0.717, 1.165) is 0 Å². The summed E-state index contributed by atoms with van der Waals surface area (Å²) in [6.07, 6.45) is 0.00766. The lowest BCUT2D eigenvalue weighted by atomic mass is 10.1. The Morgan fingerprint density at radius 2 is 1.44 bits per heavy atom. The molecule has 0 radical (unpaired) electrons. The summed E-state index contributed by atoms with van der Waals surface area (Å²) in [6, 6.07) is 12.0. The molecule has 2 aromatic carbocycles. The molecule has 27 heavy (non-hydrogen) atoms. The van der Waals surface area contributed by atoms with E-state index >= 15 is 0 Å². The maximum Gasteiger partial charge on any atom is 0.255 e. The molecule has 0 aromatic heterocycles. The normalized spacial score (nSPS) is 10.6. The van der Waals surface area contributed by atoms with Gasteiger partial charge in [0.15, 0.2) is 11.5 Å². The Bertz CT molecular complexity index is 798. The lowest BCUT2D eigenvalue weighted by molar-refractivity contribution is -0.118. The molecule has 0 aliphatic carbocycles. The highest BCUT2D eigenvalue weighted by molar-refractivity contribution is 6.04. The summed E-state index contributed by atoms with van der Waals surface area (Å²) in [4.78, 5) is 24.2. The highest BCUT2D eigenvalue weighted by Crippen LogP contribution is 2.29. The van der Waals surface area contributed by atoms with Gasteiger partial charge in [-0.2, -0.15) is 0 Å². The van der Waals surface area contributed by atoms with E-state index in [-0.39, 0.29) is 23.8 Å². The van der Waals surface area contributed by atoms with Gasteiger partial charge in [-0.25, -0.2) is 0 Å². The molecule has 0 spiro atoms. The quantitative estimate of drug-likeness (QED) is 0.760. The van der Waals surface area contributed by atoms with Crippen LogP contribution in [0.3, 0.4) is 0 Å². The molecule has 0 unspecified atom stereocenters. The summed E-state index contributed by atoms with van der Waals surface area (Å²) >= 11 is 0. The molecule has 144 valence electrons. The Morgan fingerprint density at radius 3 is 1.96 bits per heavy atom. The van der Waals surface area contributed by atoms with E-state index in [9.17, 15) is 9.59 Å². The maximum absolute atomic E-state index is 12.5. The van der Waals surface area contributed by atoms with Crippen molar-refractivity contribution >= 4 is 23.2 Å². The first-order valence-electron chi connectivity index (χ1n) is 8.87. The fourth-order valence-electron chi connectivity index (χ4n) is 2.29. The number of benzene rings is 2. The minimum absolute atomic E-state index is 0.00766. The molecule has 2 rings (SSSR count). The third-order valence-electron chi connectivity index (χ3n) is 3.72. The third-order valence-corrected chi connectivity index (χ3v) is 3.72. The predicted octanol–water partition coefficient (Wildman–Crippen LogP) is 4.33. The summed E-state index contributed by atoms with van der Waals surface area (Å²) < 4.78 is 11.0. The van der Waals surface area contributed by atoms with Crippen molar-refractivity contribution in [2.75, 3.05) is 17.7 Å². The van der Waals surface area contributed by atoms with Crippen LogP contribution < -0.4 is 20.1 Å². The van der Waals surface area contributed by atoms with E-state index < -0.39 is 0 Å². The highest BCUT2D eigenvalue weighted by Gasteiger charge is 2.13. The van der Waals surface area contributed by atoms with Crippen molar-refractivity contribution in [2.45, 2.75) is 33.8 Å². The van der Waals surface area contributed by atoms with Crippen molar-refractivity contribution in [3.8, 4) is 11.5 Å². The van der Waals surface area contributed by atoms with Crippen LogP contribution in [0.15, 0.2) is 42.5 Å². The van der Waals surface area contributed by atoms with E-state index in [1.807, 2.05) is 27.7 Å². The molecule has 6 nitrogen and oxygen atoms in total. The Morgan fingerprint density at radius 1 is 0.852 bits per heavy atom. The summed E-state index contributed by atoms with van der Waals surface area (Å²) in [5, 5.41) is 5.63. The Kier molecular flexibility index (Phi) is 6.82. The topological polar surface area (TPSA) is 76.7 Å². The smallest absolute Gasteiger partial charge is 0.255 e. The van der Waals surface area contributed by atoms with Gasteiger partial charge in [-0.1, -0.05) is 13.8 Å². The van der Waals surface area contributed by atoms with Crippen molar-refractivity contribution in [3.05, 3.63) is 48.0 Å². The van der Waals surface area contributed by atoms with E-state index in [1.54, 1.807) is 42.5 Å². The fraction of sp³-hybridized carbons (Fsp3) is 0.333. The summed E-state index contributed by atoms with van der Waals surface area (Å²) in [6.45, 7) is 7.51. The number of hydrogen-bond donors (Lipinski definition) is 2. The van der Waals surface area contributed by atoms with Crippen molar-refractivity contribution in [1.82, 2.24) is 0 Å². The number of carbonyl (C=O) groups is 2. The average Bonchev–Trinajstić information content (AvgIpc) is 2.63. The van der Waals surface area contributed by atoms with Gasteiger partial charge in [0.25, 0.3) is 5.91 Å². The molecule has 0 saturated carbocycles. The van der Waals surface area contributed by atoms with Crippen LogP contribution in [0.2, 0.25) is 0 Å². The number of hydrogen-bond acceptors (Lipinski definition) is 4. The van der Waals surface area contributed by atoms with Gasteiger partial charge in [0.2, 0.25) is 5.91 Å². The van der Waals surface area contributed by atoms with Gasteiger partial charge in [-0.3, -0.25) is 9.59 Å². The molecule has 0 aliphatic rings. The number of amides is 2. The van der Waals surface area contributed by atoms with Crippen LogP contribution >= 0.6 is 0 Å². The molecule has 0 atom stereocenters. The van der Waals surface area contributed by atoms with Gasteiger partial charge in [0.05, 0.1) is 13.2 Å². The van der Waals surface area contributed by atoms with Crippen molar-refractivity contribution in [2.24, 2.45) is 5.92 Å². The molecule has 2 N–H and O–H groups in total. The summed E-state index contributed by atoms with van der Waals surface area (Å²) in [7, 11) is 1.54. The van der Waals surface area contributed by atoms with Crippen LogP contribution in [0.1, 0.15) is 38.1 Å². The van der Waals surface area contributed by atoms with Crippen molar-refractivity contribution in [1.29, 1.82) is 0 Å². The number of carbonyl (C=O) groups excluding carboxylic acids is 2. The Balaban J connectivity index is 2.07. The van der Waals surface area contributed by atoms with Crippen LogP contribution in [-0.2, 0) is 4.79 Å². The number of rotatable bonds is 7. The van der Waals surface area contributed by atoms with E-state index in [0.29, 0.717) is 28.4 Å². The Hall–Kier alpha value is -3.02. The molecule has 0 saturated heterocycles. The van der Waals surface area contributed by atoms with Gasteiger partial charge >= 0.3 is 0 Å². The molecule has 0 aliphatic heterocycles. The van der Waals surface area contributed by atoms with Gasteiger partial charge < -0.3 is 20.1 Å².